The Kier molecular flexibility index (Phi) is 4.40. The fraction of sp³-hybridized carbons (Fsp3) is 0.467. The van der Waals surface area contributed by atoms with E-state index in [2.05, 4.69) is 15.5 Å². The smallest absolute Gasteiger partial charge is 0.410 e. The molecule has 2 aromatic heterocycles. The minimum absolute atomic E-state index is 0.192. The molecule has 0 radical (unpaired) electrons. The standard InChI is InChI=1S/C15H19N5O3/c1-23-15(22)19-8-4-2-6-11(19)14(21)16-10-13-18-17-12-7-3-5-9-20(12)13/h3,5,7,9,11H,2,4,6,8,10H2,1H3,(H,16,21)/t11-/m0/s1. The van der Waals surface area contributed by atoms with E-state index in [9.17, 15) is 9.59 Å². The number of pyridine rings is 1. The highest BCUT2D eigenvalue weighted by Crippen LogP contribution is 2.18. The minimum atomic E-state index is -0.490. The van der Waals surface area contributed by atoms with E-state index in [0.717, 1.165) is 18.5 Å². The number of aromatic nitrogens is 3. The molecule has 8 heteroatoms. The summed E-state index contributed by atoms with van der Waals surface area (Å²) in [5, 5.41) is 11.0. The lowest BCUT2D eigenvalue weighted by Gasteiger charge is -2.33. The number of carbonyl (C=O) groups is 2. The molecule has 1 aliphatic rings. The maximum absolute atomic E-state index is 12.4. The van der Waals surface area contributed by atoms with Crippen molar-refractivity contribution in [2.45, 2.75) is 31.8 Å². The van der Waals surface area contributed by atoms with Gasteiger partial charge in [0.25, 0.3) is 0 Å². The van der Waals surface area contributed by atoms with Gasteiger partial charge in [-0.2, -0.15) is 0 Å². The third kappa shape index (κ3) is 3.10. The van der Waals surface area contributed by atoms with E-state index < -0.39 is 12.1 Å². The molecule has 8 nitrogen and oxygen atoms in total. The molecule has 2 aromatic rings. The van der Waals surface area contributed by atoms with Gasteiger partial charge in [-0.3, -0.25) is 14.1 Å². The van der Waals surface area contributed by atoms with E-state index in [4.69, 9.17) is 4.74 Å². The number of likely N-dealkylation sites (tertiary alicyclic amines) is 1. The maximum atomic E-state index is 12.4. The second-order valence-corrected chi connectivity index (χ2v) is 5.44. The van der Waals surface area contributed by atoms with Gasteiger partial charge < -0.3 is 10.1 Å². The molecule has 1 aliphatic heterocycles. The Balaban J connectivity index is 1.67. The summed E-state index contributed by atoms with van der Waals surface area (Å²) in [6.45, 7) is 0.800. The molecule has 3 rings (SSSR count). The number of carbonyl (C=O) groups excluding carboxylic acids is 2. The van der Waals surface area contributed by atoms with E-state index in [1.807, 2.05) is 28.8 Å². The highest BCUT2D eigenvalue weighted by molar-refractivity contribution is 5.85. The molecule has 2 amide bonds. The first-order chi connectivity index (χ1) is 11.2. The van der Waals surface area contributed by atoms with Gasteiger partial charge in [0, 0.05) is 12.7 Å². The zero-order valence-corrected chi connectivity index (χ0v) is 12.9. The van der Waals surface area contributed by atoms with Crippen LogP contribution in [-0.4, -0.2) is 51.2 Å². The van der Waals surface area contributed by atoms with Crippen LogP contribution in [0.25, 0.3) is 5.65 Å². The molecule has 1 atom stereocenters. The molecule has 3 heterocycles. The summed E-state index contributed by atoms with van der Waals surface area (Å²) >= 11 is 0. The summed E-state index contributed by atoms with van der Waals surface area (Å²) in [4.78, 5) is 25.7. The molecular formula is C15H19N5O3. The van der Waals surface area contributed by atoms with Crippen molar-refractivity contribution in [2.75, 3.05) is 13.7 Å². The van der Waals surface area contributed by atoms with Crippen LogP contribution in [0.5, 0.6) is 0 Å². The largest absolute Gasteiger partial charge is 0.453 e. The number of hydrogen-bond donors (Lipinski definition) is 1. The number of ether oxygens (including phenoxy) is 1. The molecule has 0 spiro atoms. The van der Waals surface area contributed by atoms with Gasteiger partial charge in [0.05, 0.1) is 13.7 Å². The molecule has 0 unspecified atom stereocenters. The normalized spacial score (nSPS) is 18.0. The van der Waals surface area contributed by atoms with Gasteiger partial charge in [-0.05, 0) is 31.4 Å². The van der Waals surface area contributed by atoms with Crippen molar-refractivity contribution in [3.05, 3.63) is 30.2 Å². The van der Waals surface area contributed by atoms with Crippen LogP contribution in [0, 0.1) is 0 Å². The number of nitrogens with zero attached hydrogens (tertiary/aromatic N) is 4. The van der Waals surface area contributed by atoms with Gasteiger partial charge in [-0.15, -0.1) is 10.2 Å². The van der Waals surface area contributed by atoms with Crippen molar-refractivity contribution in [3.8, 4) is 0 Å². The first-order valence-corrected chi connectivity index (χ1v) is 7.61. The van der Waals surface area contributed by atoms with Crippen molar-refractivity contribution in [2.24, 2.45) is 0 Å². The quantitative estimate of drug-likeness (QED) is 0.911. The molecule has 23 heavy (non-hydrogen) atoms. The minimum Gasteiger partial charge on any atom is -0.453 e. The average molecular weight is 317 g/mol. The van der Waals surface area contributed by atoms with Crippen LogP contribution in [0.15, 0.2) is 24.4 Å². The van der Waals surface area contributed by atoms with Gasteiger partial charge in [-0.1, -0.05) is 6.07 Å². The van der Waals surface area contributed by atoms with Gasteiger partial charge in [-0.25, -0.2) is 4.79 Å². The Morgan fingerprint density at radius 1 is 1.35 bits per heavy atom. The first-order valence-electron chi connectivity index (χ1n) is 7.61. The van der Waals surface area contributed by atoms with Crippen LogP contribution in [0.4, 0.5) is 4.79 Å². The number of nitrogens with one attached hydrogen (secondary N) is 1. The van der Waals surface area contributed by atoms with Gasteiger partial charge in [0.15, 0.2) is 11.5 Å². The number of methoxy groups -OCH3 is 1. The van der Waals surface area contributed by atoms with Crippen LogP contribution in [0.1, 0.15) is 25.1 Å². The SMILES string of the molecule is COC(=O)N1CCCC[C@H]1C(=O)NCc1nnc2ccccn12. The summed E-state index contributed by atoms with van der Waals surface area (Å²) in [5.41, 5.74) is 0.727. The number of amides is 2. The summed E-state index contributed by atoms with van der Waals surface area (Å²) in [7, 11) is 1.33. The number of rotatable bonds is 3. The molecule has 1 fully saturated rings. The third-order valence-corrected chi connectivity index (χ3v) is 4.02. The molecule has 0 bridgehead atoms. The van der Waals surface area contributed by atoms with Crippen molar-refractivity contribution in [3.63, 3.8) is 0 Å². The van der Waals surface area contributed by atoms with Crippen LogP contribution < -0.4 is 5.32 Å². The molecule has 1 N–H and O–H groups in total. The molecule has 0 aromatic carbocycles. The van der Waals surface area contributed by atoms with Gasteiger partial charge in [0.2, 0.25) is 5.91 Å². The van der Waals surface area contributed by atoms with Crippen molar-refractivity contribution >= 4 is 17.6 Å². The zero-order valence-electron chi connectivity index (χ0n) is 12.9. The second kappa shape index (κ2) is 6.64. The predicted molar refractivity (Wildman–Crippen MR) is 81.6 cm³/mol. The van der Waals surface area contributed by atoms with E-state index >= 15 is 0 Å². The van der Waals surface area contributed by atoms with Crippen molar-refractivity contribution in [1.29, 1.82) is 0 Å². The fourth-order valence-electron chi connectivity index (χ4n) is 2.84. The fourth-order valence-corrected chi connectivity index (χ4v) is 2.84. The lowest BCUT2D eigenvalue weighted by Crippen LogP contribution is -2.51. The first kappa shape index (κ1) is 15.3. The topological polar surface area (TPSA) is 88.8 Å². The number of piperidine rings is 1. The summed E-state index contributed by atoms with van der Waals surface area (Å²) < 4.78 is 6.58. The number of hydrogen-bond acceptors (Lipinski definition) is 5. The van der Waals surface area contributed by atoms with Crippen molar-refractivity contribution in [1.82, 2.24) is 24.8 Å². The average Bonchev–Trinajstić information content (AvgIpc) is 3.02. The van der Waals surface area contributed by atoms with Gasteiger partial charge >= 0.3 is 6.09 Å². The predicted octanol–water partition coefficient (Wildman–Crippen LogP) is 0.966. The van der Waals surface area contributed by atoms with Crippen LogP contribution in [-0.2, 0) is 16.1 Å². The third-order valence-electron chi connectivity index (χ3n) is 4.02. The molecule has 0 saturated carbocycles. The van der Waals surface area contributed by atoms with Gasteiger partial charge in [0.1, 0.15) is 6.04 Å². The molecular weight excluding hydrogens is 298 g/mol. The number of fused-ring (bicyclic) bond motifs is 1. The summed E-state index contributed by atoms with van der Waals surface area (Å²) in [5.74, 6) is 0.456. The second-order valence-electron chi connectivity index (χ2n) is 5.44. The lowest BCUT2D eigenvalue weighted by atomic mass is 10.0. The summed E-state index contributed by atoms with van der Waals surface area (Å²) in [6.07, 6.45) is 3.82. The van der Waals surface area contributed by atoms with E-state index in [0.29, 0.717) is 18.8 Å². The monoisotopic (exact) mass is 317 g/mol. The molecule has 1 saturated heterocycles. The highest BCUT2D eigenvalue weighted by Gasteiger charge is 2.32. The Hall–Kier alpha value is -2.64. The highest BCUT2D eigenvalue weighted by atomic mass is 16.5. The van der Waals surface area contributed by atoms with Crippen LogP contribution in [0.2, 0.25) is 0 Å². The Labute approximate surface area is 133 Å². The molecule has 0 aliphatic carbocycles. The van der Waals surface area contributed by atoms with Crippen molar-refractivity contribution < 1.29 is 14.3 Å². The van der Waals surface area contributed by atoms with E-state index in [1.165, 1.54) is 12.0 Å². The van der Waals surface area contributed by atoms with E-state index in [-0.39, 0.29) is 12.5 Å². The van der Waals surface area contributed by atoms with Crippen LogP contribution in [0.3, 0.4) is 0 Å². The van der Waals surface area contributed by atoms with E-state index in [1.54, 1.807) is 0 Å². The lowest BCUT2D eigenvalue weighted by molar-refractivity contribution is -0.127. The maximum Gasteiger partial charge on any atom is 0.410 e. The molecule has 122 valence electrons. The Bertz CT molecular complexity index is 714. The Morgan fingerprint density at radius 2 is 2.22 bits per heavy atom. The zero-order chi connectivity index (χ0) is 16.2. The van der Waals surface area contributed by atoms with Crippen LogP contribution >= 0.6 is 0 Å². The Morgan fingerprint density at radius 3 is 3.04 bits per heavy atom. The summed E-state index contributed by atoms with van der Waals surface area (Å²) in [6, 6.07) is 5.11.